The Balaban J connectivity index is 2.23. The lowest BCUT2D eigenvalue weighted by Gasteiger charge is -2.23. The van der Waals surface area contributed by atoms with Gasteiger partial charge in [-0.05, 0) is 31.9 Å². The molecule has 108 valence electrons. The topological polar surface area (TPSA) is 98.2 Å². The number of nitrogens with two attached hydrogens (primary N) is 1. The number of aryl methyl sites for hydroxylation is 1. The summed E-state index contributed by atoms with van der Waals surface area (Å²) >= 11 is 0. The molecule has 0 fully saturated rings. The molecule has 0 saturated carbocycles. The van der Waals surface area contributed by atoms with Crippen molar-refractivity contribution >= 4 is 23.1 Å². The number of nitro groups is 1. The second-order valence-electron chi connectivity index (χ2n) is 5.15. The first-order valence-electron chi connectivity index (χ1n) is 6.64. The first-order chi connectivity index (χ1) is 9.99. The van der Waals surface area contributed by atoms with Crippen LogP contribution in [0.15, 0.2) is 24.3 Å². The smallest absolute Gasteiger partial charge is 0.333 e. The Morgan fingerprint density at radius 3 is 2.81 bits per heavy atom. The molecule has 0 aliphatic carbocycles. The SMILES string of the molecule is Cc1nc(N)nc(N2c3ccccc3CC2C)c1[N+](=O)[O-]. The van der Waals surface area contributed by atoms with E-state index in [0.29, 0.717) is 0 Å². The van der Waals surface area contributed by atoms with Crippen LogP contribution in [-0.4, -0.2) is 20.9 Å². The molecule has 2 N–H and O–H groups in total. The van der Waals surface area contributed by atoms with Gasteiger partial charge in [-0.3, -0.25) is 10.1 Å². The van der Waals surface area contributed by atoms with E-state index in [1.807, 2.05) is 36.1 Å². The highest BCUT2D eigenvalue weighted by atomic mass is 16.6. The third-order valence-electron chi connectivity index (χ3n) is 3.68. The zero-order valence-corrected chi connectivity index (χ0v) is 11.8. The van der Waals surface area contributed by atoms with Crippen LogP contribution in [0.1, 0.15) is 18.2 Å². The van der Waals surface area contributed by atoms with Crippen LogP contribution in [0.2, 0.25) is 0 Å². The Bertz CT molecular complexity index is 731. The average Bonchev–Trinajstić information content (AvgIpc) is 2.72. The number of fused-ring (bicyclic) bond motifs is 1. The van der Waals surface area contributed by atoms with Crippen molar-refractivity contribution in [1.82, 2.24) is 9.97 Å². The summed E-state index contributed by atoms with van der Waals surface area (Å²) in [5.41, 5.74) is 7.96. The lowest BCUT2D eigenvalue weighted by molar-refractivity contribution is -0.385. The van der Waals surface area contributed by atoms with Gasteiger partial charge in [-0.25, -0.2) is 4.98 Å². The largest absolute Gasteiger partial charge is 0.368 e. The van der Waals surface area contributed by atoms with Gasteiger partial charge in [0.1, 0.15) is 5.69 Å². The van der Waals surface area contributed by atoms with E-state index in [0.717, 1.165) is 17.7 Å². The van der Waals surface area contributed by atoms with Crippen molar-refractivity contribution in [3.8, 4) is 0 Å². The van der Waals surface area contributed by atoms with Crippen molar-refractivity contribution in [2.45, 2.75) is 26.3 Å². The molecule has 0 radical (unpaired) electrons. The lowest BCUT2D eigenvalue weighted by Crippen LogP contribution is -2.26. The van der Waals surface area contributed by atoms with Gasteiger partial charge in [0, 0.05) is 11.7 Å². The fourth-order valence-corrected chi connectivity index (χ4v) is 2.84. The van der Waals surface area contributed by atoms with Gasteiger partial charge >= 0.3 is 5.69 Å². The van der Waals surface area contributed by atoms with Gasteiger partial charge in [0.15, 0.2) is 0 Å². The van der Waals surface area contributed by atoms with Crippen LogP contribution in [0.5, 0.6) is 0 Å². The van der Waals surface area contributed by atoms with Crippen LogP contribution in [0.25, 0.3) is 0 Å². The van der Waals surface area contributed by atoms with E-state index in [-0.39, 0.29) is 29.2 Å². The minimum absolute atomic E-state index is 0.0460. The van der Waals surface area contributed by atoms with E-state index in [4.69, 9.17) is 5.73 Å². The van der Waals surface area contributed by atoms with Gasteiger partial charge in [-0.15, -0.1) is 0 Å². The van der Waals surface area contributed by atoms with Gasteiger partial charge in [0.05, 0.1) is 4.92 Å². The fraction of sp³-hybridized carbons (Fsp3) is 0.286. The van der Waals surface area contributed by atoms with Crippen molar-refractivity contribution in [2.24, 2.45) is 0 Å². The Labute approximate surface area is 121 Å². The molecular weight excluding hydrogens is 270 g/mol. The maximum Gasteiger partial charge on any atom is 0.333 e. The van der Waals surface area contributed by atoms with Crippen LogP contribution >= 0.6 is 0 Å². The van der Waals surface area contributed by atoms with Gasteiger partial charge < -0.3 is 10.6 Å². The highest BCUT2D eigenvalue weighted by Gasteiger charge is 2.34. The average molecular weight is 285 g/mol. The second-order valence-corrected chi connectivity index (χ2v) is 5.15. The number of anilines is 3. The predicted molar refractivity (Wildman–Crippen MR) is 79.6 cm³/mol. The Morgan fingerprint density at radius 2 is 2.10 bits per heavy atom. The third-order valence-corrected chi connectivity index (χ3v) is 3.68. The Hall–Kier alpha value is -2.70. The van der Waals surface area contributed by atoms with Crippen molar-refractivity contribution in [1.29, 1.82) is 0 Å². The molecule has 21 heavy (non-hydrogen) atoms. The summed E-state index contributed by atoms with van der Waals surface area (Å²) in [5, 5.41) is 11.4. The first-order valence-corrected chi connectivity index (χ1v) is 6.64. The lowest BCUT2D eigenvalue weighted by atomic mass is 10.1. The number of nitrogens with zero attached hydrogens (tertiary/aromatic N) is 4. The van der Waals surface area contributed by atoms with Crippen LogP contribution in [0.3, 0.4) is 0 Å². The second kappa shape index (κ2) is 4.69. The molecule has 2 aromatic rings. The van der Waals surface area contributed by atoms with Gasteiger partial charge in [-0.2, -0.15) is 4.98 Å². The highest BCUT2D eigenvalue weighted by Crippen LogP contribution is 2.41. The summed E-state index contributed by atoms with van der Waals surface area (Å²) in [6.07, 6.45) is 0.816. The molecule has 1 aliphatic heterocycles. The molecule has 2 heterocycles. The fourth-order valence-electron chi connectivity index (χ4n) is 2.84. The summed E-state index contributed by atoms with van der Waals surface area (Å²) in [6.45, 7) is 3.59. The summed E-state index contributed by atoms with van der Waals surface area (Å²) in [7, 11) is 0. The monoisotopic (exact) mass is 285 g/mol. The number of hydrogen-bond donors (Lipinski definition) is 1. The molecular formula is C14H15N5O2. The summed E-state index contributed by atoms with van der Waals surface area (Å²) < 4.78 is 0. The van der Waals surface area contributed by atoms with Crippen molar-refractivity contribution in [2.75, 3.05) is 10.6 Å². The number of rotatable bonds is 2. The summed E-state index contributed by atoms with van der Waals surface area (Å²) in [4.78, 5) is 20.9. The molecule has 3 rings (SSSR count). The minimum atomic E-state index is -0.447. The number of aromatic nitrogens is 2. The minimum Gasteiger partial charge on any atom is -0.368 e. The van der Waals surface area contributed by atoms with E-state index < -0.39 is 4.92 Å². The van der Waals surface area contributed by atoms with Gasteiger partial charge in [0.2, 0.25) is 11.8 Å². The van der Waals surface area contributed by atoms with E-state index >= 15 is 0 Å². The molecule has 1 aromatic carbocycles. The molecule has 0 saturated heterocycles. The van der Waals surface area contributed by atoms with Crippen LogP contribution in [-0.2, 0) is 6.42 Å². The van der Waals surface area contributed by atoms with Crippen molar-refractivity contribution in [3.05, 3.63) is 45.6 Å². The molecule has 7 nitrogen and oxygen atoms in total. The van der Waals surface area contributed by atoms with Gasteiger partial charge in [-0.1, -0.05) is 18.2 Å². The van der Waals surface area contributed by atoms with E-state index in [9.17, 15) is 10.1 Å². The molecule has 1 atom stereocenters. The van der Waals surface area contributed by atoms with E-state index in [2.05, 4.69) is 9.97 Å². The highest BCUT2D eigenvalue weighted by molar-refractivity contribution is 5.75. The maximum absolute atomic E-state index is 11.4. The van der Waals surface area contributed by atoms with Crippen LogP contribution < -0.4 is 10.6 Å². The number of para-hydroxylation sites is 1. The normalized spacial score (nSPS) is 16.9. The molecule has 7 heteroatoms. The van der Waals surface area contributed by atoms with Crippen LogP contribution in [0, 0.1) is 17.0 Å². The quantitative estimate of drug-likeness (QED) is 0.671. The van der Waals surface area contributed by atoms with Crippen LogP contribution in [0.4, 0.5) is 23.1 Å². The molecule has 0 spiro atoms. The van der Waals surface area contributed by atoms with Crippen molar-refractivity contribution < 1.29 is 4.92 Å². The first kappa shape index (κ1) is 13.3. The Kier molecular flexibility index (Phi) is 2.97. The third kappa shape index (κ3) is 2.06. The molecule has 1 aliphatic rings. The zero-order valence-electron chi connectivity index (χ0n) is 11.8. The molecule has 1 aromatic heterocycles. The van der Waals surface area contributed by atoms with Gasteiger partial charge in [0.25, 0.3) is 0 Å². The standard InChI is InChI=1S/C14H15N5O2/c1-8-7-10-5-3-4-6-11(10)18(8)13-12(19(20)21)9(2)16-14(15)17-13/h3-6,8H,7H2,1-2H3,(H2,15,16,17). The number of benzene rings is 1. The predicted octanol–water partition coefficient (Wildman–Crippen LogP) is 2.36. The molecule has 0 bridgehead atoms. The van der Waals surface area contributed by atoms with E-state index in [1.165, 1.54) is 0 Å². The van der Waals surface area contributed by atoms with Crippen molar-refractivity contribution in [3.63, 3.8) is 0 Å². The molecule has 1 unspecified atom stereocenters. The summed E-state index contributed by atoms with van der Waals surface area (Å²) in [6, 6.07) is 7.91. The number of nitrogen functional groups attached to an aromatic ring is 1. The number of hydrogen-bond acceptors (Lipinski definition) is 6. The maximum atomic E-state index is 11.4. The Morgan fingerprint density at radius 1 is 1.38 bits per heavy atom. The van der Waals surface area contributed by atoms with E-state index in [1.54, 1.807) is 6.92 Å². The zero-order chi connectivity index (χ0) is 15.1. The summed E-state index contributed by atoms with van der Waals surface area (Å²) in [5.74, 6) is 0.312. The molecule has 0 amide bonds.